The average Bonchev–Trinajstić information content (AvgIpc) is 2.87. The zero-order valence-corrected chi connectivity index (χ0v) is 16.5. The fraction of sp³-hybridized carbons (Fsp3) is 0.286. The Balaban J connectivity index is 1.95. The lowest BCUT2D eigenvalue weighted by Gasteiger charge is -2.40. The van der Waals surface area contributed by atoms with E-state index in [2.05, 4.69) is 0 Å². The Morgan fingerprint density at radius 3 is 2.22 bits per heavy atom. The summed E-state index contributed by atoms with van der Waals surface area (Å²) in [5.74, 6) is -3.73. The van der Waals surface area contributed by atoms with E-state index in [1.807, 2.05) is 0 Å². The SMILES string of the molecule is C[C@H]1O[C@@H](C2=C(c3ccc(O)c(O)c3)OOc3cc(O)cc(O)c3C2=O)[C@H](O)[C@@H](O)[C@@H]1O. The maximum absolute atomic E-state index is 13.5. The van der Waals surface area contributed by atoms with Gasteiger partial charge >= 0.3 is 0 Å². The van der Waals surface area contributed by atoms with E-state index in [0.717, 1.165) is 24.3 Å². The number of ether oxygens (including phenoxy) is 1. The Morgan fingerprint density at radius 1 is 0.812 bits per heavy atom. The van der Waals surface area contributed by atoms with Gasteiger partial charge in [0.25, 0.3) is 0 Å². The van der Waals surface area contributed by atoms with Gasteiger partial charge in [0.05, 0.1) is 11.7 Å². The van der Waals surface area contributed by atoms with Gasteiger partial charge in [-0.2, -0.15) is 0 Å². The van der Waals surface area contributed by atoms with Crippen LogP contribution in [0, 0.1) is 0 Å². The molecular weight excluding hydrogens is 428 g/mol. The van der Waals surface area contributed by atoms with Gasteiger partial charge in [0, 0.05) is 17.7 Å². The van der Waals surface area contributed by atoms with Crippen LogP contribution in [0.15, 0.2) is 35.9 Å². The number of Topliss-reactive ketones (excluding diaryl/α,β-unsaturated/α-hetero) is 1. The Hall–Kier alpha value is -3.51. The van der Waals surface area contributed by atoms with Crippen LogP contribution in [0.5, 0.6) is 28.7 Å². The summed E-state index contributed by atoms with van der Waals surface area (Å²) >= 11 is 0. The first-order chi connectivity index (χ1) is 15.1. The van der Waals surface area contributed by atoms with Crippen molar-refractivity contribution in [3.05, 3.63) is 47.0 Å². The van der Waals surface area contributed by atoms with Gasteiger partial charge in [0.1, 0.15) is 41.5 Å². The lowest BCUT2D eigenvalue weighted by atomic mass is 9.86. The van der Waals surface area contributed by atoms with E-state index in [9.17, 15) is 40.5 Å². The molecule has 7 N–H and O–H groups in total. The number of carbonyl (C=O) groups is 1. The van der Waals surface area contributed by atoms with Crippen LogP contribution in [0.1, 0.15) is 22.8 Å². The zero-order valence-electron chi connectivity index (χ0n) is 16.5. The molecule has 0 bridgehead atoms. The minimum absolute atomic E-state index is 0.0178. The van der Waals surface area contributed by atoms with Crippen LogP contribution in [-0.4, -0.2) is 72.0 Å². The van der Waals surface area contributed by atoms with E-state index >= 15 is 0 Å². The first kappa shape index (κ1) is 21.7. The molecule has 0 radical (unpaired) electrons. The molecule has 2 aromatic rings. The van der Waals surface area contributed by atoms with Gasteiger partial charge in [-0.05, 0) is 25.1 Å². The summed E-state index contributed by atoms with van der Waals surface area (Å²) < 4.78 is 5.61. The Kier molecular flexibility index (Phi) is 5.34. The van der Waals surface area contributed by atoms with Gasteiger partial charge < -0.3 is 40.5 Å². The topological polar surface area (TPSA) is 186 Å². The van der Waals surface area contributed by atoms with Gasteiger partial charge in [-0.25, -0.2) is 0 Å². The fourth-order valence-electron chi connectivity index (χ4n) is 3.67. The monoisotopic (exact) mass is 448 g/mol. The van der Waals surface area contributed by atoms with E-state index in [0.29, 0.717) is 0 Å². The van der Waals surface area contributed by atoms with E-state index in [-0.39, 0.29) is 17.1 Å². The first-order valence-electron chi connectivity index (χ1n) is 9.51. The number of phenols is 4. The summed E-state index contributed by atoms with van der Waals surface area (Å²) in [6.45, 7) is 1.42. The molecule has 2 aromatic carbocycles. The molecule has 5 atom stereocenters. The predicted molar refractivity (Wildman–Crippen MR) is 105 cm³/mol. The number of rotatable bonds is 2. The molecular formula is C21H20O11. The fourth-order valence-corrected chi connectivity index (χ4v) is 3.67. The molecule has 32 heavy (non-hydrogen) atoms. The quantitative estimate of drug-likeness (QED) is 0.247. The van der Waals surface area contributed by atoms with Crippen LogP contribution in [0.25, 0.3) is 5.76 Å². The molecule has 0 aliphatic carbocycles. The third-order valence-corrected chi connectivity index (χ3v) is 5.37. The number of fused-ring (bicyclic) bond motifs is 1. The number of aliphatic hydroxyl groups is 3. The lowest BCUT2D eigenvalue weighted by molar-refractivity contribution is -0.206. The largest absolute Gasteiger partial charge is 0.508 e. The summed E-state index contributed by atoms with van der Waals surface area (Å²) in [6, 6.07) is 5.36. The summed E-state index contributed by atoms with van der Waals surface area (Å²) in [7, 11) is 0. The summed E-state index contributed by atoms with van der Waals surface area (Å²) in [6.07, 6.45) is -7.48. The van der Waals surface area contributed by atoms with Crippen LogP contribution in [-0.2, 0) is 9.62 Å². The van der Waals surface area contributed by atoms with Crippen molar-refractivity contribution in [1.29, 1.82) is 0 Å². The molecule has 0 aromatic heterocycles. The molecule has 1 saturated heterocycles. The minimum atomic E-state index is -1.79. The van der Waals surface area contributed by atoms with E-state index < -0.39 is 70.4 Å². The van der Waals surface area contributed by atoms with Gasteiger partial charge in [-0.15, -0.1) is 0 Å². The molecule has 0 amide bonds. The van der Waals surface area contributed by atoms with E-state index in [4.69, 9.17) is 14.5 Å². The standard InChI is InChI=1S/C21H20O11/c1-7-16(26)18(28)19(29)21(30-7)15-17(27)14-12(25)5-9(22)6-13(14)31-32-20(15)8-2-3-10(23)11(24)4-8/h2-7,16,18-19,21-26,28-29H,1H3/t7-,16-,18+,19-,21+/m1/s1. The van der Waals surface area contributed by atoms with Gasteiger partial charge in [-0.1, -0.05) is 0 Å². The second kappa shape index (κ2) is 7.88. The van der Waals surface area contributed by atoms with Gasteiger partial charge in [0.15, 0.2) is 23.0 Å². The number of phenolic OH excluding ortho intramolecular Hbond substituents is 4. The summed E-state index contributed by atoms with van der Waals surface area (Å²) in [5.41, 5.74) is -0.802. The van der Waals surface area contributed by atoms with Crippen molar-refractivity contribution in [1.82, 2.24) is 0 Å². The lowest BCUT2D eigenvalue weighted by Crippen LogP contribution is -2.57. The molecule has 4 rings (SSSR count). The van der Waals surface area contributed by atoms with Gasteiger partial charge in [-0.3, -0.25) is 14.6 Å². The summed E-state index contributed by atoms with van der Waals surface area (Å²) in [5, 5.41) is 70.4. The van der Waals surface area contributed by atoms with Crippen LogP contribution in [0.4, 0.5) is 0 Å². The van der Waals surface area contributed by atoms with Crippen LogP contribution in [0.2, 0.25) is 0 Å². The van der Waals surface area contributed by atoms with Crippen LogP contribution in [0.3, 0.4) is 0 Å². The van der Waals surface area contributed by atoms with Crippen molar-refractivity contribution < 1.29 is 55.1 Å². The second-order valence-corrected chi connectivity index (χ2v) is 7.51. The molecule has 2 aliphatic heterocycles. The number of hydrogen-bond acceptors (Lipinski definition) is 11. The smallest absolute Gasteiger partial charge is 0.203 e. The molecule has 170 valence electrons. The Bertz CT molecular complexity index is 1110. The van der Waals surface area contributed by atoms with Crippen LogP contribution < -0.4 is 4.89 Å². The molecule has 0 unspecified atom stereocenters. The molecule has 11 heteroatoms. The highest BCUT2D eigenvalue weighted by Gasteiger charge is 2.48. The highest BCUT2D eigenvalue weighted by atomic mass is 17.2. The van der Waals surface area contributed by atoms with Crippen molar-refractivity contribution in [2.24, 2.45) is 0 Å². The average molecular weight is 448 g/mol. The number of hydrogen-bond donors (Lipinski definition) is 7. The maximum atomic E-state index is 13.5. The molecule has 0 spiro atoms. The van der Waals surface area contributed by atoms with Crippen molar-refractivity contribution in [3.8, 4) is 28.7 Å². The maximum Gasteiger partial charge on any atom is 0.203 e. The van der Waals surface area contributed by atoms with Crippen LogP contribution >= 0.6 is 0 Å². The van der Waals surface area contributed by atoms with Crippen molar-refractivity contribution in [3.63, 3.8) is 0 Å². The van der Waals surface area contributed by atoms with E-state index in [1.54, 1.807) is 0 Å². The minimum Gasteiger partial charge on any atom is -0.508 e. The number of aromatic hydroxyl groups is 4. The first-order valence-corrected chi connectivity index (χ1v) is 9.51. The number of benzene rings is 2. The molecule has 1 fully saturated rings. The highest BCUT2D eigenvalue weighted by Crippen LogP contribution is 2.43. The Labute approximate surface area is 180 Å². The summed E-state index contributed by atoms with van der Waals surface area (Å²) in [4.78, 5) is 24.0. The number of aliphatic hydroxyl groups excluding tert-OH is 3. The van der Waals surface area contributed by atoms with Crippen molar-refractivity contribution >= 4 is 11.5 Å². The second-order valence-electron chi connectivity index (χ2n) is 7.51. The van der Waals surface area contributed by atoms with Gasteiger partial charge in [0.2, 0.25) is 5.78 Å². The third kappa shape index (κ3) is 3.46. The van der Waals surface area contributed by atoms with E-state index in [1.165, 1.54) is 13.0 Å². The number of ketones is 1. The normalized spacial score (nSPS) is 27.9. The van der Waals surface area contributed by atoms with Crippen molar-refractivity contribution in [2.45, 2.75) is 37.4 Å². The molecule has 11 nitrogen and oxygen atoms in total. The predicted octanol–water partition coefficient (Wildman–Crippen LogP) is 0.297. The molecule has 2 aliphatic rings. The molecule has 0 saturated carbocycles. The third-order valence-electron chi connectivity index (χ3n) is 5.37. The zero-order chi connectivity index (χ0) is 23.3. The highest BCUT2D eigenvalue weighted by molar-refractivity contribution is 6.16. The van der Waals surface area contributed by atoms with Crippen molar-refractivity contribution in [2.75, 3.05) is 0 Å². The number of carbonyl (C=O) groups excluding carboxylic acids is 1. The molecule has 2 heterocycles. The Morgan fingerprint density at radius 2 is 1.53 bits per heavy atom.